The summed E-state index contributed by atoms with van der Waals surface area (Å²) < 4.78 is 1.05. The second-order valence-corrected chi connectivity index (χ2v) is 4.50. The molecule has 0 radical (unpaired) electrons. The van der Waals surface area contributed by atoms with Crippen molar-refractivity contribution >= 4 is 39.9 Å². The van der Waals surface area contributed by atoms with Gasteiger partial charge in [-0.3, -0.25) is 0 Å². The summed E-state index contributed by atoms with van der Waals surface area (Å²) >= 11 is 8.49. The molecule has 0 heterocycles. The third-order valence-electron chi connectivity index (χ3n) is 0.593. The van der Waals surface area contributed by atoms with Crippen LogP contribution in [0.25, 0.3) is 0 Å². The van der Waals surface area contributed by atoms with Gasteiger partial charge in [0.15, 0.2) is 0 Å². The number of rotatable bonds is 3. The summed E-state index contributed by atoms with van der Waals surface area (Å²) in [7, 11) is 0. The molecule has 0 aliphatic heterocycles. The summed E-state index contributed by atoms with van der Waals surface area (Å²) in [5.74, 6) is 2.37. The molecule has 0 aromatic heterocycles. The minimum atomic E-state index is 1.05. The maximum absolute atomic E-state index is 4.86. The van der Waals surface area contributed by atoms with Crippen LogP contribution in [-0.2, 0) is 0 Å². The van der Waals surface area contributed by atoms with Crippen molar-refractivity contribution in [3.8, 4) is 0 Å². The zero-order valence-electron chi connectivity index (χ0n) is 5.14. The van der Waals surface area contributed by atoms with Gasteiger partial charge in [0.1, 0.15) is 0 Å². The van der Waals surface area contributed by atoms with Crippen LogP contribution >= 0.6 is 35.7 Å². The lowest BCUT2D eigenvalue weighted by Gasteiger charge is -1.93. The van der Waals surface area contributed by atoms with Crippen LogP contribution in [0.2, 0.25) is 0 Å². The van der Waals surface area contributed by atoms with Crippen molar-refractivity contribution in [3.05, 3.63) is 0 Å². The minimum absolute atomic E-state index is 1.05. The standard InChI is InChI=1S/C5H10S3/c1-5(6)8-4-3-7-2/h3-4H2,1-2H3. The van der Waals surface area contributed by atoms with E-state index in [1.54, 1.807) is 11.8 Å². The van der Waals surface area contributed by atoms with Crippen LogP contribution in [0.1, 0.15) is 6.92 Å². The van der Waals surface area contributed by atoms with E-state index in [4.69, 9.17) is 12.2 Å². The second-order valence-electron chi connectivity index (χ2n) is 1.33. The molecule has 0 saturated carbocycles. The van der Waals surface area contributed by atoms with Gasteiger partial charge in [0.2, 0.25) is 0 Å². The van der Waals surface area contributed by atoms with Crippen LogP contribution in [0.15, 0.2) is 0 Å². The van der Waals surface area contributed by atoms with Crippen molar-refractivity contribution in [1.29, 1.82) is 0 Å². The zero-order valence-corrected chi connectivity index (χ0v) is 7.59. The average molecular weight is 166 g/mol. The van der Waals surface area contributed by atoms with Crippen LogP contribution in [-0.4, -0.2) is 22.0 Å². The Morgan fingerprint density at radius 2 is 2.12 bits per heavy atom. The monoisotopic (exact) mass is 166 g/mol. The van der Waals surface area contributed by atoms with Gasteiger partial charge in [-0.2, -0.15) is 11.8 Å². The average Bonchev–Trinajstić information content (AvgIpc) is 1.66. The normalized spacial score (nSPS) is 9.25. The highest BCUT2D eigenvalue weighted by atomic mass is 32.2. The van der Waals surface area contributed by atoms with Gasteiger partial charge in [0, 0.05) is 15.7 Å². The summed E-state index contributed by atoms with van der Waals surface area (Å²) in [6, 6.07) is 0. The molecule has 48 valence electrons. The summed E-state index contributed by atoms with van der Waals surface area (Å²) in [5.41, 5.74) is 0. The van der Waals surface area contributed by atoms with Gasteiger partial charge in [-0.1, -0.05) is 12.2 Å². The highest BCUT2D eigenvalue weighted by molar-refractivity contribution is 8.23. The van der Waals surface area contributed by atoms with E-state index in [0.717, 1.165) is 9.95 Å². The number of thiocarbonyl (C=S) groups is 1. The molecule has 0 aliphatic carbocycles. The molecule has 0 rings (SSSR count). The van der Waals surface area contributed by atoms with Gasteiger partial charge in [-0.05, 0) is 13.2 Å². The fraction of sp³-hybridized carbons (Fsp3) is 0.800. The van der Waals surface area contributed by atoms with E-state index >= 15 is 0 Å². The van der Waals surface area contributed by atoms with Gasteiger partial charge in [0.25, 0.3) is 0 Å². The summed E-state index contributed by atoms with van der Waals surface area (Å²) in [5, 5.41) is 0. The number of hydrogen-bond donors (Lipinski definition) is 0. The largest absolute Gasteiger partial charge is 0.165 e. The number of hydrogen-bond acceptors (Lipinski definition) is 3. The van der Waals surface area contributed by atoms with Crippen LogP contribution in [0.5, 0.6) is 0 Å². The third kappa shape index (κ3) is 6.79. The van der Waals surface area contributed by atoms with Gasteiger partial charge in [-0.15, -0.1) is 11.8 Å². The molecule has 0 bridgehead atoms. The summed E-state index contributed by atoms with van der Waals surface area (Å²) in [4.78, 5) is 0. The van der Waals surface area contributed by atoms with E-state index in [1.807, 2.05) is 18.7 Å². The summed E-state index contributed by atoms with van der Waals surface area (Å²) in [6.07, 6.45) is 2.11. The zero-order chi connectivity index (χ0) is 6.41. The Bertz CT molecular complexity index is 70.1. The van der Waals surface area contributed by atoms with Crippen molar-refractivity contribution in [3.63, 3.8) is 0 Å². The van der Waals surface area contributed by atoms with Crippen molar-refractivity contribution in [2.24, 2.45) is 0 Å². The highest BCUT2D eigenvalue weighted by Gasteiger charge is 1.86. The van der Waals surface area contributed by atoms with Crippen molar-refractivity contribution in [2.45, 2.75) is 6.92 Å². The Labute approximate surface area is 64.8 Å². The van der Waals surface area contributed by atoms with Gasteiger partial charge < -0.3 is 0 Å². The number of thioether (sulfide) groups is 2. The molecule has 0 unspecified atom stereocenters. The quantitative estimate of drug-likeness (QED) is 0.467. The van der Waals surface area contributed by atoms with Gasteiger partial charge in [0.05, 0.1) is 0 Å². The maximum atomic E-state index is 4.86. The van der Waals surface area contributed by atoms with Gasteiger partial charge >= 0.3 is 0 Å². The summed E-state index contributed by atoms with van der Waals surface area (Å²) in [6.45, 7) is 1.97. The Balaban J connectivity index is 2.82. The molecule has 0 nitrogen and oxygen atoms in total. The Kier molecular flexibility index (Phi) is 6.50. The third-order valence-corrected chi connectivity index (χ3v) is 2.63. The lowest BCUT2D eigenvalue weighted by atomic mass is 10.9. The molecule has 0 N–H and O–H groups in total. The van der Waals surface area contributed by atoms with Gasteiger partial charge in [-0.25, -0.2) is 0 Å². The Morgan fingerprint density at radius 3 is 2.50 bits per heavy atom. The first-order valence-corrected chi connectivity index (χ1v) is 5.18. The van der Waals surface area contributed by atoms with E-state index in [2.05, 4.69) is 6.26 Å². The molecule has 0 aromatic carbocycles. The predicted molar refractivity (Wildman–Crippen MR) is 49.1 cm³/mol. The fourth-order valence-electron chi connectivity index (χ4n) is 0.269. The van der Waals surface area contributed by atoms with Crippen LogP contribution in [0.3, 0.4) is 0 Å². The molecular weight excluding hydrogens is 156 g/mol. The molecule has 8 heavy (non-hydrogen) atoms. The van der Waals surface area contributed by atoms with Crippen LogP contribution < -0.4 is 0 Å². The van der Waals surface area contributed by atoms with Crippen molar-refractivity contribution in [1.82, 2.24) is 0 Å². The molecule has 0 spiro atoms. The molecule has 0 saturated heterocycles. The highest BCUT2D eigenvalue weighted by Crippen LogP contribution is 2.05. The van der Waals surface area contributed by atoms with E-state index in [9.17, 15) is 0 Å². The van der Waals surface area contributed by atoms with Crippen LogP contribution in [0.4, 0.5) is 0 Å². The molecule has 0 atom stereocenters. The first kappa shape index (κ1) is 8.79. The SMILES string of the molecule is CSCCSC(C)=S. The minimum Gasteiger partial charge on any atom is -0.165 e. The molecule has 0 aliphatic rings. The second kappa shape index (κ2) is 5.92. The topological polar surface area (TPSA) is 0 Å². The van der Waals surface area contributed by atoms with E-state index in [1.165, 1.54) is 5.75 Å². The van der Waals surface area contributed by atoms with E-state index in [0.29, 0.717) is 0 Å². The smallest absolute Gasteiger partial charge is 0.0447 e. The molecule has 0 aromatic rings. The maximum Gasteiger partial charge on any atom is 0.0447 e. The molecule has 0 fully saturated rings. The van der Waals surface area contributed by atoms with E-state index < -0.39 is 0 Å². The predicted octanol–water partition coefficient (Wildman–Crippen LogP) is 2.43. The lowest BCUT2D eigenvalue weighted by Crippen LogP contribution is -1.85. The molecule has 3 heteroatoms. The Morgan fingerprint density at radius 1 is 1.50 bits per heavy atom. The molecule has 0 amide bonds. The van der Waals surface area contributed by atoms with E-state index in [-0.39, 0.29) is 0 Å². The first-order valence-electron chi connectivity index (χ1n) is 2.39. The molecular formula is C5H10S3. The first-order chi connectivity index (χ1) is 3.77. The van der Waals surface area contributed by atoms with Crippen LogP contribution in [0, 0.1) is 0 Å². The van der Waals surface area contributed by atoms with Crippen molar-refractivity contribution in [2.75, 3.05) is 17.8 Å². The Hall–Kier alpha value is 0.790. The lowest BCUT2D eigenvalue weighted by molar-refractivity contribution is 1.57. The fourth-order valence-corrected chi connectivity index (χ4v) is 1.81. The van der Waals surface area contributed by atoms with Crippen molar-refractivity contribution < 1.29 is 0 Å².